The third-order valence-electron chi connectivity index (χ3n) is 10.8. The zero-order chi connectivity index (χ0) is 33.4. The van der Waals surface area contributed by atoms with E-state index in [9.17, 15) is 20.1 Å². The summed E-state index contributed by atoms with van der Waals surface area (Å²) in [6.45, 7) is 4.23. The van der Waals surface area contributed by atoms with Gasteiger partial charge in [-0.2, -0.15) is 0 Å². The first-order valence-electron chi connectivity index (χ1n) is 17.9. The SMILES string of the molecule is CC(=O)O[C@H]1C[C@@H](O)CC[C@@](CN=C(N)NC2CCCCC2)([C@H](C)O)C#C[C@H]2CCC[C@H]3C[C@@H](CCN3)Oc3cc(ccc3O)C[C@H]12. The molecule has 10 heteroatoms. The molecule has 4 aliphatic rings. The number of guanidine groups is 1. The highest BCUT2D eigenvalue weighted by Gasteiger charge is 2.39. The summed E-state index contributed by atoms with van der Waals surface area (Å²) in [5.41, 5.74) is 6.41. The third kappa shape index (κ3) is 9.77. The number of nitrogens with one attached hydrogen (secondary N) is 2. The van der Waals surface area contributed by atoms with E-state index in [0.717, 1.165) is 57.1 Å². The molecule has 10 nitrogen and oxygen atoms in total. The monoisotopic (exact) mass is 652 g/mol. The van der Waals surface area contributed by atoms with Gasteiger partial charge in [-0.3, -0.25) is 9.79 Å². The van der Waals surface area contributed by atoms with Crippen molar-refractivity contribution in [2.75, 3.05) is 13.1 Å². The van der Waals surface area contributed by atoms with Crippen LogP contribution in [0, 0.1) is 29.1 Å². The van der Waals surface area contributed by atoms with Crippen molar-refractivity contribution in [2.24, 2.45) is 28.0 Å². The zero-order valence-corrected chi connectivity index (χ0v) is 28.3. The largest absolute Gasteiger partial charge is 0.504 e. The molecule has 0 amide bonds. The Kier molecular flexibility index (Phi) is 12.3. The van der Waals surface area contributed by atoms with Gasteiger partial charge in [0.15, 0.2) is 17.5 Å². The van der Waals surface area contributed by atoms with E-state index in [1.165, 1.54) is 26.2 Å². The van der Waals surface area contributed by atoms with Crippen LogP contribution in [-0.2, 0) is 16.0 Å². The van der Waals surface area contributed by atoms with Crippen molar-refractivity contribution in [2.45, 2.75) is 140 Å². The van der Waals surface area contributed by atoms with Crippen molar-refractivity contribution in [1.82, 2.24) is 10.6 Å². The predicted octanol–water partition coefficient (Wildman–Crippen LogP) is 3.93. The maximum Gasteiger partial charge on any atom is 0.302 e. The first-order valence-corrected chi connectivity index (χ1v) is 17.9. The lowest BCUT2D eigenvalue weighted by Gasteiger charge is -2.36. The lowest BCUT2D eigenvalue weighted by molar-refractivity contribution is -0.152. The van der Waals surface area contributed by atoms with Crippen molar-refractivity contribution in [3.05, 3.63) is 23.8 Å². The van der Waals surface area contributed by atoms with Gasteiger partial charge in [-0.05, 0) is 89.0 Å². The Labute approximate surface area is 280 Å². The molecule has 4 bridgehead atoms. The maximum atomic E-state index is 12.4. The minimum absolute atomic E-state index is 0.0137. The van der Waals surface area contributed by atoms with E-state index in [4.69, 9.17) is 20.2 Å². The Morgan fingerprint density at radius 3 is 2.74 bits per heavy atom. The molecule has 0 aromatic heterocycles. The molecule has 260 valence electrons. The second kappa shape index (κ2) is 16.4. The van der Waals surface area contributed by atoms with Gasteiger partial charge in [0.25, 0.3) is 0 Å². The molecule has 1 saturated carbocycles. The van der Waals surface area contributed by atoms with E-state index >= 15 is 0 Å². The van der Waals surface area contributed by atoms with Crippen LogP contribution in [0.4, 0.5) is 0 Å². The number of aliphatic hydroxyl groups is 2. The number of aliphatic hydroxyl groups excluding tert-OH is 2. The van der Waals surface area contributed by atoms with Gasteiger partial charge in [0.2, 0.25) is 0 Å². The maximum absolute atomic E-state index is 12.4. The van der Waals surface area contributed by atoms with Gasteiger partial charge in [0.1, 0.15) is 12.2 Å². The summed E-state index contributed by atoms with van der Waals surface area (Å²) in [5.74, 6) is 7.24. The molecule has 5 rings (SSSR count). The number of aromatic hydroxyl groups is 1. The number of phenols is 1. The molecular weight excluding hydrogens is 596 g/mol. The molecule has 2 heterocycles. The van der Waals surface area contributed by atoms with E-state index in [0.29, 0.717) is 37.0 Å². The van der Waals surface area contributed by atoms with E-state index in [-0.39, 0.29) is 42.7 Å². The normalized spacial score (nSPS) is 33.1. The Balaban J connectivity index is 1.52. The highest BCUT2D eigenvalue weighted by Crippen LogP contribution is 2.38. The zero-order valence-electron chi connectivity index (χ0n) is 28.3. The number of piperidine rings is 1. The van der Waals surface area contributed by atoms with Gasteiger partial charge in [-0.15, -0.1) is 0 Å². The lowest BCUT2D eigenvalue weighted by atomic mass is 9.73. The number of rotatable bonds is 5. The fraction of sp³-hybridized carbons (Fsp3) is 0.730. The fourth-order valence-corrected chi connectivity index (χ4v) is 7.96. The minimum atomic E-state index is -0.905. The summed E-state index contributed by atoms with van der Waals surface area (Å²) < 4.78 is 12.3. The van der Waals surface area contributed by atoms with E-state index in [1.54, 1.807) is 13.0 Å². The highest BCUT2D eigenvalue weighted by atomic mass is 16.5. The number of fused-ring (bicyclic) bond motifs is 5. The molecule has 1 aromatic carbocycles. The lowest BCUT2D eigenvalue weighted by Crippen LogP contribution is -2.43. The number of hydrogen-bond acceptors (Lipinski definition) is 8. The van der Waals surface area contributed by atoms with Crippen LogP contribution in [0.1, 0.15) is 103 Å². The van der Waals surface area contributed by atoms with Crippen LogP contribution >= 0.6 is 0 Å². The third-order valence-corrected chi connectivity index (χ3v) is 10.8. The average Bonchev–Trinajstić information content (AvgIpc) is 3.04. The molecule has 2 fully saturated rings. The molecule has 1 aromatic rings. The first kappa shape index (κ1) is 35.3. The smallest absolute Gasteiger partial charge is 0.302 e. The van der Waals surface area contributed by atoms with Gasteiger partial charge in [-0.25, -0.2) is 0 Å². The van der Waals surface area contributed by atoms with Gasteiger partial charge >= 0.3 is 5.97 Å². The number of esters is 1. The summed E-state index contributed by atoms with van der Waals surface area (Å²) in [6, 6.07) is 6.04. The molecular formula is C37H56N4O6. The predicted molar refractivity (Wildman–Crippen MR) is 182 cm³/mol. The van der Waals surface area contributed by atoms with Crippen molar-refractivity contribution in [3.63, 3.8) is 0 Å². The van der Waals surface area contributed by atoms with Crippen molar-refractivity contribution in [1.29, 1.82) is 0 Å². The van der Waals surface area contributed by atoms with Crippen LogP contribution < -0.4 is 21.1 Å². The molecule has 0 radical (unpaired) electrons. The molecule has 1 saturated heterocycles. The molecule has 7 N–H and O–H groups in total. The standard InChI is InChI=1S/C37H56N4O6/c1-24(42)37(23-40-36(38)41-28-8-4-3-5-9-28)16-13-27-7-6-10-29-21-31(15-18-39-29)47-35-20-26(11-12-33(35)45)19-32(27)34(46-25(2)43)22-30(44)14-17-37/h11-12,20,24,27-32,34,39,42,44-45H,3-10,14-15,17-19,21-23H2,1-2H3,(H3,38,40,41)/t24-,27+,29-,30-,31+,32-,34-,37-/m0/s1. The number of phenolic OH excluding ortho intramolecular Hbond substituents is 1. The number of nitrogens with zero attached hydrogens (tertiary/aromatic N) is 1. The fourth-order valence-electron chi connectivity index (χ4n) is 7.96. The number of carbonyl (C=O) groups excluding carboxylic acids is 1. The number of hydrogen-bond donors (Lipinski definition) is 6. The Hall–Kier alpha value is -3.00. The number of benzene rings is 1. The number of nitrogens with two attached hydrogens (primary N) is 1. The Morgan fingerprint density at radius 2 is 1.98 bits per heavy atom. The van der Waals surface area contributed by atoms with E-state index in [2.05, 4.69) is 22.5 Å². The number of carbonyl (C=O) groups is 1. The van der Waals surface area contributed by atoms with E-state index in [1.807, 2.05) is 12.1 Å². The number of aliphatic imine (C=N–C) groups is 1. The van der Waals surface area contributed by atoms with Gasteiger partial charge < -0.3 is 41.2 Å². The van der Waals surface area contributed by atoms with Gasteiger partial charge in [0.05, 0.1) is 24.2 Å². The average molecular weight is 653 g/mol. The summed E-state index contributed by atoms with van der Waals surface area (Å²) in [6.07, 6.45) is 9.52. The van der Waals surface area contributed by atoms with Gasteiger partial charge in [-0.1, -0.05) is 43.6 Å². The van der Waals surface area contributed by atoms with Crippen LogP contribution in [0.25, 0.3) is 0 Å². The molecule has 2 aliphatic carbocycles. The minimum Gasteiger partial charge on any atom is -0.504 e. The van der Waals surface area contributed by atoms with Gasteiger partial charge in [0, 0.05) is 37.3 Å². The quantitative estimate of drug-likeness (QED) is 0.120. The molecule has 0 spiro atoms. The van der Waals surface area contributed by atoms with E-state index < -0.39 is 29.7 Å². The van der Waals surface area contributed by atoms with Crippen molar-refractivity contribution < 1.29 is 29.6 Å². The highest BCUT2D eigenvalue weighted by molar-refractivity contribution is 5.78. The Bertz CT molecular complexity index is 1290. The van der Waals surface area contributed by atoms with Crippen LogP contribution in [0.5, 0.6) is 11.5 Å². The topological polar surface area (TPSA) is 159 Å². The Morgan fingerprint density at radius 1 is 1.17 bits per heavy atom. The second-order valence-corrected chi connectivity index (χ2v) is 14.5. The van der Waals surface area contributed by atoms with Crippen LogP contribution in [0.3, 0.4) is 0 Å². The van der Waals surface area contributed by atoms with Crippen molar-refractivity contribution >= 4 is 11.9 Å². The van der Waals surface area contributed by atoms with Crippen LogP contribution in [-0.4, -0.2) is 76.8 Å². The van der Waals surface area contributed by atoms with Crippen LogP contribution in [0.2, 0.25) is 0 Å². The second-order valence-electron chi connectivity index (χ2n) is 14.5. The number of ether oxygens (including phenoxy) is 2. The molecule has 2 aliphatic heterocycles. The summed E-state index contributed by atoms with van der Waals surface area (Å²) in [7, 11) is 0. The summed E-state index contributed by atoms with van der Waals surface area (Å²) >= 11 is 0. The van der Waals surface area contributed by atoms with Crippen LogP contribution in [0.15, 0.2) is 23.2 Å². The summed E-state index contributed by atoms with van der Waals surface area (Å²) in [4.78, 5) is 17.2. The summed E-state index contributed by atoms with van der Waals surface area (Å²) in [5, 5.41) is 40.3. The molecule has 47 heavy (non-hydrogen) atoms. The first-order chi connectivity index (χ1) is 22.6. The molecule has 0 unspecified atom stereocenters. The van der Waals surface area contributed by atoms with Crippen molar-refractivity contribution in [3.8, 4) is 23.3 Å². The molecule has 8 atom stereocenters.